The molecule has 0 bridgehead atoms. The SMILES string of the molecule is Cc1cccc(-c2ccc3c(c2)sc2cccc(-c4cccc5oc6ccccc6c45)c23)c1. The third-order valence-corrected chi connectivity index (χ3v) is 7.66. The van der Waals surface area contributed by atoms with Gasteiger partial charge < -0.3 is 4.42 Å². The predicted molar refractivity (Wildman–Crippen MR) is 142 cm³/mol. The van der Waals surface area contributed by atoms with E-state index in [-0.39, 0.29) is 0 Å². The quantitative estimate of drug-likeness (QED) is 0.261. The van der Waals surface area contributed by atoms with Gasteiger partial charge >= 0.3 is 0 Å². The number of rotatable bonds is 2. The normalized spacial score (nSPS) is 11.8. The third-order valence-electron chi connectivity index (χ3n) is 6.54. The number of furan rings is 1. The van der Waals surface area contributed by atoms with Crippen molar-refractivity contribution in [2.45, 2.75) is 6.92 Å². The molecule has 0 N–H and O–H groups in total. The number of thiophene rings is 1. The minimum atomic E-state index is 0.935. The molecule has 0 aliphatic heterocycles. The Morgan fingerprint density at radius 2 is 1.30 bits per heavy atom. The smallest absolute Gasteiger partial charge is 0.136 e. The van der Waals surface area contributed by atoms with Crippen LogP contribution in [0.4, 0.5) is 0 Å². The van der Waals surface area contributed by atoms with E-state index in [0.717, 1.165) is 11.2 Å². The number of aryl methyl sites for hydroxylation is 1. The zero-order chi connectivity index (χ0) is 21.9. The monoisotopic (exact) mass is 440 g/mol. The van der Waals surface area contributed by atoms with Crippen LogP contribution in [-0.2, 0) is 0 Å². The first-order valence-electron chi connectivity index (χ1n) is 11.2. The molecule has 2 heterocycles. The minimum Gasteiger partial charge on any atom is -0.456 e. The molecule has 7 rings (SSSR count). The van der Waals surface area contributed by atoms with Crippen molar-refractivity contribution in [2.24, 2.45) is 0 Å². The fourth-order valence-electron chi connectivity index (χ4n) is 5.05. The van der Waals surface area contributed by atoms with Crippen molar-refractivity contribution < 1.29 is 4.42 Å². The van der Waals surface area contributed by atoms with Gasteiger partial charge in [-0.1, -0.05) is 84.4 Å². The zero-order valence-corrected chi connectivity index (χ0v) is 18.9. The number of benzene rings is 5. The molecule has 0 spiro atoms. The van der Waals surface area contributed by atoms with Crippen LogP contribution in [0.3, 0.4) is 0 Å². The second kappa shape index (κ2) is 7.06. The summed E-state index contributed by atoms with van der Waals surface area (Å²) in [6, 6.07) is 37.0. The molecule has 0 aliphatic rings. The van der Waals surface area contributed by atoms with E-state index >= 15 is 0 Å². The van der Waals surface area contributed by atoms with Gasteiger partial charge in [0.05, 0.1) is 0 Å². The maximum Gasteiger partial charge on any atom is 0.136 e. The summed E-state index contributed by atoms with van der Waals surface area (Å²) in [6.07, 6.45) is 0. The average Bonchev–Trinajstić information content (AvgIpc) is 3.41. The highest BCUT2D eigenvalue weighted by Gasteiger charge is 2.16. The van der Waals surface area contributed by atoms with Crippen molar-refractivity contribution in [1.82, 2.24) is 0 Å². The van der Waals surface area contributed by atoms with Crippen molar-refractivity contribution >= 4 is 53.4 Å². The van der Waals surface area contributed by atoms with Crippen molar-refractivity contribution in [3.63, 3.8) is 0 Å². The highest BCUT2D eigenvalue weighted by molar-refractivity contribution is 7.26. The molecule has 0 aliphatic carbocycles. The summed E-state index contributed by atoms with van der Waals surface area (Å²) in [5, 5.41) is 5.00. The van der Waals surface area contributed by atoms with E-state index in [0.29, 0.717) is 0 Å². The second-order valence-electron chi connectivity index (χ2n) is 8.64. The fourth-order valence-corrected chi connectivity index (χ4v) is 6.22. The number of fused-ring (bicyclic) bond motifs is 6. The Morgan fingerprint density at radius 1 is 0.545 bits per heavy atom. The van der Waals surface area contributed by atoms with Gasteiger partial charge in [-0.25, -0.2) is 0 Å². The van der Waals surface area contributed by atoms with Gasteiger partial charge in [0.2, 0.25) is 0 Å². The lowest BCUT2D eigenvalue weighted by Gasteiger charge is -2.07. The minimum absolute atomic E-state index is 0.935. The van der Waals surface area contributed by atoms with Gasteiger partial charge in [-0.3, -0.25) is 0 Å². The highest BCUT2D eigenvalue weighted by atomic mass is 32.1. The van der Waals surface area contributed by atoms with Gasteiger partial charge in [0.25, 0.3) is 0 Å². The van der Waals surface area contributed by atoms with Gasteiger partial charge in [0, 0.05) is 30.9 Å². The predicted octanol–water partition coefficient (Wildman–Crippen LogP) is 9.60. The molecular weight excluding hydrogens is 420 g/mol. The first kappa shape index (κ1) is 18.7. The lowest BCUT2D eigenvalue weighted by molar-refractivity contribution is 0.669. The molecular formula is C31H20OS. The molecule has 33 heavy (non-hydrogen) atoms. The van der Waals surface area contributed by atoms with E-state index < -0.39 is 0 Å². The Kier molecular flexibility index (Phi) is 3.99. The molecule has 5 aromatic carbocycles. The molecule has 7 aromatic rings. The average molecular weight is 441 g/mol. The van der Waals surface area contributed by atoms with Crippen LogP contribution in [0.15, 0.2) is 108 Å². The molecule has 156 valence electrons. The Hall–Kier alpha value is -3.88. The van der Waals surface area contributed by atoms with Crippen LogP contribution in [0.25, 0.3) is 64.4 Å². The van der Waals surface area contributed by atoms with Crippen LogP contribution in [0.1, 0.15) is 5.56 Å². The van der Waals surface area contributed by atoms with E-state index in [2.05, 4.69) is 97.9 Å². The summed E-state index contributed by atoms with van der Waals surface area (Å²) in [5.41, 5.74) is 8.18. The van der Waals surface area contributed by atoms with Crippen LogP contribution in [0.5, 0.6) is 0 Å². The molecule has 0 atom stereocenters. The van der Waals surface area contributed by atoms with Gasteiger partial charge in [0.1, 0.15) is 11.2 Å². The van der Waals surface area contributed by atoms with Gasteiger partial charge in [0.15, 0.2) is 0 Å². The molecule has 0 radical (unpaired) electrons. The third kappa shape index (κ3) is 2.84. The van der Waals surface area contributed by atoms with E-state index in [1.807, 2.05) is 23.5 Å². The van der Waals surface area contributed by atoms with Crippen LogP contribution < -0.4 is 0 Å². The van der Waals surface area contributed by atoms with Gasteiger partial charge in [-0.05, 0) is 53.4 Å². The second-order valence-corrected chi connectivity index (χ2v) is 9.72. The molecule has 0 unspecified atom stereocenters. The molecule has 2 aromatic heterocycles. The molecule has 1 nitrogen and oxygen atoms in total. The largest absolute Gasteiger partial charge is 0.456 e. The van der Waals surface area contributed by atoms with Crippen molar-refractivity contribution in [1.29, 1.82) is 0 Å². The summed E-state index contributed by atoms with van der Waals surface area (Å²) < 4.78 is 8.81. The number of para-hydroxylation sites is 1. The summed E-state index contributed by atoms with van der Waals surface area (Å²) in [7, 11) is 0. The van der Waals surface area contributed by atoms with E-state index in [4.69, 9.17) is 4.42 Å². The lowest BCUT2D eigenvalue weighted by atomic mass is 9.95. The van der Waals surface area contributed by atoms with E-state index in [1.165, 1.54) is 58.8 Å². The molecule has 0 saturated carbocycles. The molecule has 2 heteroatoms. The molecule has 0 amide bonds. The van der Waals surface area contributed by atoms with Crippen LogP contribution >= 0.6 is 11.3 Å². The van der Waals surface area contributed by atoms with Gasteiger partial charge in [-0.15, -0.1) is 11.3 Å². The maximum absolute atomic E-state index is 6.17. The Morgan fingerprint density at radius 3 is 2.21 bits per heavy atom. The van der Waals surface area contributed by atoms with E-state index in [1.54, 1.807) is 0 Å². The summed E-state index contributed by atoms with van der Waals surface area (Å²) in [5.74, 6) is 0. The number of hydrogen-bond acceptors (Lipinski definition) is 2. The Bertz CT molecular complexity index is 1830. The van der Waals surface area contributed by atoms with Crippen molar-refractivity contribution in [2.75, 3.05) is 0 Å². The van der Waals surface area contributed by atoms with Crippen molar-refractivity contribution in [3.8, 4) is 22.3 Å². The Balaban J connectivity index is 1.52. The highest BCUT2D eigenvalue weighted by Crippen LogP contribution is 2.44. The Labute approximate surface area is 195 Å². The summed E-state index contributed by atoms with van der Waals surface area (Å²) >= 11 is 1.87. The van der Waals surface area contributed by atoms with E-state index in [9.17, 15) is 0 Å². The first-order valence-corrected chi connectivity index (χ1v) is 12.0. The summed E-state index contributed by atoms with van der Waals surface area (Å²) in [6.45, 7) is 2.15. The maximum atomic E-state index is 6.17. The van der Waals surface area contributed by atoms with Crippen LogP contribution in [0.2, 0.25) is 0 Å². The first-order chi connectivity index (χ1) is 16.3. The molecule has 0 fully saturated rings. The number of hydrogen-bond donors (Lipinski definition) is 0. The van der Waals surface area contributed by atoms with Crippen LogP contribution in [0, 0.1) is 6.92 Å². The van der Waals surface area contributed by atoms with Crippen molar-refractivity contribution in [3.05, 3.63) is 109 Å². The zero-order valence-electron chi connectivity index (χ0n) is 18.1. The van der Waals surface area contributed by atoms with Crippen LogP contribution in [-0.4, -0.2) is 0 Å². The molecule has 0 saturated heterocycles. The fraction of sp³-hybridized carbons (Fsp3) is 0.0323. The summed E-state index contributed by atoms with van der Waals surface area (Å²) in [4.78, 5) is 0. The van der Waals surface area contributed by atoms with Gasteiger partial charge in [-0.2, -0.15) is 0 Å². The topological polar surface area (TPSA) is 13.1 Å². The lowest BCUT2D eigenvalue weighted by Crippen LogP contribution is -1.82. The standard InChI is InChI=1S/C31H20OS/c1-19-7-4-8-20(17-19)21-15-16-25-29(18-21)33-28-14-6-11-23(31(25)28)22-10-5-13-27-30(22)24-9-2-3-12-26(24)32-27/h2-18H,1H3.